The van der Waals surface area contributed by atoms with Gasteiger partial charge in [-0.25, -0.2) is 0 Å². The molecule has 1 aromatic heterocycles. The SMILES string of the molecule is O=C1/C(=C/c2ccc(Sc3nnnn3-c3ccccc3)c([N+](=O)[O-])c2)Sc2ccccc21. The highest BCUT2D eigenvalue weighted by Crippen LogP contribution is 2.41. The maximum absolute atomic E-state index is 12.6. The number of carbonyl (C=O) groups excluding carboxylic acids is 1. The van der Waals surface area contributed by atoms with Crippen molar-refractivity contribution < 1.29 is 9.72 Å². The topological polar surface area (TPSA) is 104 Å². The third kappa shape index (κ3) is 3.81. The van der Waals surface area contributed by atoms with Crippen LogP contribution >= 0.6 is 23.5 Å². The molecule has 5 rings (SSSR count). The number of rotatable bonds is 5. The molecule has 0 bridgehead atoms. The van der Waals surface area contributed by atoms with Crippen molar-refractivity contribution in [3.05, 3.63) is 98.9 Å². The summed E-state index contributed by atoms with van der Waals surface area (Å²) in [6.07, 6.45) is 1.68. The Labute approximate surface area is 190 Å². The molecule has 0 radical (unpaired) electrons. The lowest BCUT2D eigenvalue weighted by atomic mass is 10.1. The summed E-state index contributed by atoms with van der Waals surface area (Å²) in [6, 6.07) is 21.5. The third-order valence-corrected chi connectivity index (χ3v) is 6.80. The largest absolute Gasteiger partial charge is 0.288 e. The van der Waals surface area contributed by atoms with Crippen molar-refractivity contribution in [2.24, 2.45) is 0 Å². The Hall–Kier alpha value is -3.76. The molecule has 4 aromatic rings. The van der Waals surface area contributed by atoms with Crippen LogP contribution in [0.1, 0.15) is 15.9 Å². The molecule has 10 heteroatoms. The number of fused-ring (bicyclic) bond motifs is 1. The highest BCUT2D eigenvalue weighted by Gasteiger charge is 2.26. The Morgan fingerprint density at radius 2 is 1.81 bits per heavy atom. The van der Waals surface area contributed by atoms with Gasteiger partial charge in [-0.3, -0.25) is 14.9 Å². The minimum atomic E-state index is -0.445. The summed E-state index contributed by atoms with van der Waals surface area (Å²) in [5, 5.41) is 23.9. The smallest absolute Gasteiger partial charge is 0.283 e. The van der Waals surface area contributed by atoms with Gasteiger partial charge in [-0.05, 0) is 64.2 Å². The Morgan fingerprint density at radius 3 is 2.59 bits per heavy atom. The van der Waals surface area contributed by atoms with Crippen LogP contribution in [0.15, 0.2) is 92.6 Å². The molecule has 1 aliphatic heterocycles. The van der Waals surface area contributed by atoms with E-state index in [-0.39, 0.29) is 11.5 Å². The number of para-hydroxylation sites is 1. The van der Waals surface area contributed by atoms with Gasteiger partial charge in [0.2, 0.25) is 10.9 Å². The van der Waals surface area contributed by atoms with Crippen LogP contribution in [0.25, 0.3) is 11.8 Å². The standard InChI is InChI=1S/C22H13N5O3S2/c28-21-16-8-4-5-9-18(16)31-20(21)13-14-10-11-19(17(12-14)27(29)30)32-22-23-24-25-26(22)15-6-2-1-3-7-15/h1-13H/b20-13-. The minimum absolute atomic E-state index is 0.0752. The van der Waals surface area contributed by atoms with Crippen LogP contribution in [0.2, 0.25) is 0 Å². The van der Waals surface area contributed by atoms with Gasteiger partial charge in [-0.1, -0.05) is 48.2 Å². The first-order valence-electron chi connectivity index (χ1n) is 9.43. The average Bonchev–Trinajstić information content (AvgIpc) is 3.40. The molecule has 0 unspecified atom stereocenters. The van der Waals surface area contributed by atoms with Gasteiger partial charge in [0.05, 0.1) is 20.4 Å². The zero-order valence-electron chi connectivity index (χ0n) is 16.3. The number of nitrogens with zero attached hydrogens (tertiary/aromatic N) is 5. The summed E-state index contributed by atoms with van der Waals surface area (Å²) < 4.78 is 1.52. The second-order valence-corrected chi connectivity index (χ2v) is 8.82. The Balaban J connectivity index is 1.46. The second-order valence-electron chi connectivity index (χ2n) is 6.73. The molecule has 0 amide bonds. The molecule has 156 valence electrons. The number of ketones is 1. The van der Waals surface area contributed by atoms with E-state index < -0.39 is 4.92 Å². The number of thioether (sulfide) groups is 1. The number of hydrogen-bond acceptors (Lipinski definition) is 8. The van der Waals surface area contributed by atoms with E-state index in [1.54, 1.807) is 24.3 Å². The van der Waals surface area contributed by atoms with Crippen molar-refractivity contribution in [2.75, 3.05) is 0 Å². The summed E-state index contributed by atoms with van der Waals surface area (Å²) in [5.41, 5.74) is 1.89. The molecule has 0 aliphatic carbocycles. The zero-order chi connectivity index (χ0) is 22.1. The molecule has 0 N–H and O–H groups in total. The number of allylic oxidation sites excluding steroid dienone is 1. The Morgan fingerprint density at radius 1 is 1.03 bits per heavy atom. The van der Waals surface area contributed by atoms with E-state index in [1.165, 1.54) is 22.5 Å². The first-order chi connectivity index (χ1) is 15.6. The summed E-state index contributed by atoms with van der Waals surface area (Å²) in [6.45, 7) is 0. The molecule has 0 saturated heterocycles. The molecule has 0 saturated carbocycles. The molecule has 3 aromatic carbocycles. The van der Waals surface area contributed by atoms with Crippen LogP contribution in [-0.4, -0.2) is 30.9 Å². The van der Waals surface area contributed by atoms with E-state index in [1.807, 2.05) is 48.5 Å². The van der Waals surface area contributed by atoms with Crippen LogP contribution in [0.4, 0.5) is 5.69 Å². The van der Waals surface area contributed by atoms with Gasteiger partial charge in [0, 0.05) is 16.5 Å². The summed E-state index contributed by atoms with van der Waals surface area (Å²) in [5.74, 6) is -0.0752. The van der Waals surface area contributed by atoms with Gasteiger partial charge < -0.3 is 0 Å². The fourth-order valence-electron chi connectivity index (χ4n) is 3.21. The quantitative estimate of drug-likeness (QED) is 0.232. The minimum Gasteiger partial charge on any atom is -0.288 e. The van der Waals surface area contributed by atoms with Crippen molar-refractivity contribution >= 4 is 41.1 Å². The number of benzene rings is 3. The van der Waals surface area contributed by atoms with E-state index in [0.29, 0.717) is 26.1 Å². The molecule has 1 aliphatic rings. The van der Waals surface area contributed by atoms with Crippen molar-refractivity contribution in [1.29, 1.82) is 0 Å². The zero-order valence-corrected chi connectivity index (χ0v) is 17.9. The van der Waals surface area contributed by atoms with Gasteiger partial charge >= 0.3 is 0 Å². The highest BCUT2D eigenvalue weighted by atomic mass is 32.2. The molecule has 0 spiro atoms. The molecule has 8 nitrogen and oxygen atoms in total. The number of carbonyl (C=O) groups is 1. The maximum atomic E-state index is 12.6. The molecule has 32 heavy (non-hydrogen) atoms. The fourth-order valence-corrected chi connectivity index (χ4v) is 5.14. The van der Waals surface area contributed by atoms with E-state index in [9.17, 15) is 14.9 Å². The van der Waals surface area contributed by atoms with Gasteiger partial charge in [-0.15, -0.1) is 5.10 Å². The first kappa shape index (κ1) is 20.2. The predicted molar refractivity (Wildman–Crippen MR) is 121 cm³/mol. The normalized spacial score (nSPS) is 14.0. The van der Waals surface area contributed by atoms with E-state index in [2.05, 4.69) is 15.5 Å². The molecular weight excluding hydrogens is 446 g/mol. The van der Waals surface area contributed by atoms with Gasteiger partial charge in [0.15, 0.2) is 0 Å². The monoisotopic (exact) mass is 459 g/mol. The predicted octanol–water partition coefficient (Wildman–Crippen LogP) is 5.05. The number of aromatic nitrogens is 4. The number of tetrazole rings is 1. The van der Waals surface area contributed by atoms with Crippen molar-refractivity contribution in [3.63, 3.8) is 0 Å². The lowest BCUT2D eigenvalue weighted by Gasteiger charge is -2.05. The Bertz CT molecular complexity index is 1390. The number of hydrogen-bond donors (Lipinski definition) is 0. The summed E-state index contributed by atoms with van der Waals surface area (Å²) >= 11 is 2.47. The van der Waals surface area contributed by atoms with Gasteiger partial charge in [0.1, 0.15) is 0 Å². The molecule has 0 fully saturated rings. The van der Waals surface area contributed by atoms with Crippen molar-refractivity contribution in [2.45, 2.75) is 14.9 Å². The maximum Gasteiger partial charge on any atom is 0.283 e. The molecule has 0 atom stereocenters. The van der Waals surface area contributed by atoms with E-state index in [4.69, 9.17) is 0 Å². The number of Topliss-reactive ketones (excluding diaryl/α,β-unsaturated/α-hetero) is 1. The number of nitro groups is 1. The van der Waals surface area contributed by atoms with Crippen LogP contribution in [0.5, 0.6) is 0 Å². The Kier molecular flexibility index (Phi) is 5.29. The fraction of sp³-hybridized carbons (Fsp3) is 0. The molecule has 2 heterocycles. The van der Waals surface area contributed by atoms with Crippen LogP contribution in [-0.2, 0) is 0 Å². The van der Waals surface area contributed by atoms with Crippen LogP contribution in [0, 0.1) is 10.1 Å². The van der Waals surface area contributed by atoms with E-state index in [0.717, 1.165) is 22.3 Å². The number of nitro benzene ring substituents is 1. The highest BCUT2D eigenvalue weighted by molar-refractivity contribution is 8.04. The summed E-state index contributed by atoms with van der Waals surface area (Å²) in [7, 11) is 0. The van der Waals surface area contributed by atoms with Crippen LogP contribution < -0.4 is 0 Å². The van der Waals surface area contributed by atoms with Gasteiger partial charge in [0.25, 0.3) is 5.69 Å². The third-order valence-electron chi connectivity index (χ3n) is 4.70. The lowest BCUT2D eigenvalue weighted by Crippen LogP contribution is -1.99. The summed E-state index contributed by atoms with van der Waals surface area (Å²) in [4.78, 5) is 25.8. The molecular formula is C22H13N5O3S2. The van der Waals surface area contributed by atoms with Crippen molar-refractivity contribution in [3.8, 4) is 5.69 Å². The second kappa shape index (κ2) is 8.40. The lowest BCUT2D eigenvalue weighted by molar-refractivity contribution is -0.387. The van der Waals surface area contributed by atoms with Gasteiger partial charge in [-0.2, -0.15) is 4.68 Å². The van der Waals surface area contributed by atoms with Crippen LogP contribution in [0.3, 0.4) is 0 Å². The average molecular weight is 460 g/mol. The van der Waals surface area contributed by atoms with Crippen molar-refractivity contribution in [1.82, 2.24) is 20.2 Å². The first-order valence-corrected chi connectivity index (χ1v) is 11.1. The van der Waals surface area contributed by atoms with E-state index >= 15 is 0 Å².